The molecule has 0 radical (unpaired) electrons. The minimum absolute atomic E-state index is 0.0814. The summed E-state index contributed by atoms with van der Waals surface area (Å²) in [5, 5.41) is 3.93. The van der Waals surface area contributed by atoms with E-state index in [0.717, 1.165) is 30.5 Å². The Morgan fingerprint density at radius 1 is 1.28 bits per heavy atom. The minimum atomic E-state index is -1.19. The second-order valence-electron chi connectivity index (χ2n) is 4.22. The lowest BCUT2D eigenvalue weighted by Gasteiger charge is -2.09. The fourth-order valence-electron chi connectivity index (χ4n) is 2.06. The lowest BCUT2D eigenvalue weighted by atomic mass is 10.3. The van der Waals surface area contributed by atoms with E-state index in [2.05, 4.69) is 15.3 Å². The van der Waals surface area contributed by atoms with Gasteiger partial charge in [0, 0.05) is 6.54 Å². The predicted molar refractivity (Wildman–Crippen MR) is 72.2 cm³/mol. The average molecular weight is 282 g/mol. The standard InChI is InChI=1S/C12H12ClN3OS/c13-11-12(18(17)8-5-6-14-7-8)16-10-4-2-1-3-9(10)15-11/h1-4,8,14H,5-7H2. The van der Waals surface area contributed by atoms with Gasteiger partial charge in [0.15, 0.2) is 10.2 Å². The van der Waals surface area contributed by atoms with Crippen molar-refractivity contribution in [1.82, 2.24) is 15.3 Å². The average Bonchev–Trinajstić information content (AvgIpc) is 2.91. The zero-order valence-electron chi connectivity index (χ0n) is 9.60. The van der Waals surface area contributed by atoms with E-state index in [1.165, 1.54) is 0 Å². The first-order chi connectivity index (χ1) is 8.75. The third-order valence-electron chi connectivity index (χ3n) is 3.01. The van der Waals surface area contributed by atoms with E-state index in [0.29, 0.717) is 5.03 Å². The van der Waals surface area contributed by atoms with Crippen molar-refractivity contribution in [3.63, 3.8) is 0 Å². The van der Waals surface area contributed by atoms with Gasteiger partial charge in [-0.2, -0.15) is 0 Å². The fraction of sp³-hybridized carbons (Fsp3) is 0.333. The molecule has 2 aromatic rings. The van der Waals surface area contributed by atoms with Crippen LogP contribution < -0.4 is 5.32 Å². The molecule has 3 rings (SSSR count). The molecule has 0 bridgehead atoms. The molecule has 0 spiro atoms. The second kappa shape index (κ2) is 4.91. The van der Waals surface area contributed by atoms with E-state index >= 15 is 0 Å². The molecule has 1 N–H and O–H groups in total. The number of fused-ring (bicyclic) bond motifs is 1. The van der Waals surface area contributed by atoms with Gasteiger partial charge in [0.05, 0.1) is 27.1 Å². The summed E-state index contributed by atoms with van der Waals surface area (Å²) in [4.78, 5) is 8.65. The van der Waals surface area contributed by atoms with Crippen molar-refractivity contribution in [2.24, 2.45) is 0 Å². The van der Waals surface area contributed by atoms with Crippen LogP contribution in [0, 0.1) is 0 Å². The van der Waals surface area contributed by atoms with E-state index < -0.39 is 10.8 Å². The van der Waals surface area contributed by atoms with Crippen LogP contribution in [0.25, 0.3) is 11.0 Å². The van der Waals surface area contributed by atoms with Gasteiger partial charge >= 0.3 is 0 Å². The third kappa shape index (κ3) is 2.13. The van der Waals surface area contributed by atoms with Crippen LogP contribution in [0.4, 0.5) is 0 Å². The van der Waals surface area contributed by atoms with Crippen LogP contribution in [0.15, 0.2) is 29.3 Å². The van der Waals surface area contributed by atoms with E-state index in [1.54, 1.807) is 0 Å². The van der Waals surface area contributed by atoms with Crippen molar-refractivity contribution in [3.05, 3.63) is 29.4 Å². The number of nitrogens with one attached hydrogen (secondary N) is 1. The van der Waals surface area contributed by atoms with Gasteiger partial charge in [0.1, 0.15) is 0 Å². The Labute approximate surface area is 112 Å². The maximum absolute atomic E-state index is 12.4. The highest BCUT2D eigenvalue weighted by molar-refractivity contribution is 7.85. The van der Waals surface area contributed by atoms with Crippen molar-refractivity contribution in [3.8, 4) is 0 Å². The summed E-state index contributed by atoms with van der Waals surface area (Å²) in [5.41, 5.74) is 1.46. The van der Waals surface area contributed by atoms with Crippen LogP contribution in [-0.2, 0) is 10.8 Å². The van der Waals surface area contributed by atoms with E-state index in [4.69, 9.17) is 11.6 Å². The van der Waals surface area contributed by atoms with Gasteiger partial charge in [0.25, 0.3) is 0 Å². The molecule has 0 saturated carbocycles. The second-order valence-corrected chi connectivity index (χ2v) is 6.23. The molecule has 1 aromatic carbocycles. The minimum Gasteiger partial charge on any atom is -0.315 e. The van der Waals surface area contributed by atoms with E-state index in [9.17, 15) is 4.21 Å². The third-order valence-corrected chi connectivity index (χ3v) is 5.06. The Kier molecular flexibility index (Phi) is 3.28. The Hall–Kier alpha value is -1.04. The molecule has 94 valence electrons. The summed E-state index contributed by atoms with van der Waals surface area (Å²) in [6.07, 6.45) is 0.886. The molecule has 2 atom stereocenters. The summed E-state index contributed by atoms with van der Waals surface area (Å²) in [5.74, 6) is 0. The van der Waals surface area contributed by atoms with Crippen molar-refractivity contribution in [1.29, 1.82) is 0 Å². The first-order valence-electron chi connectivity index (χ1n) is 5.79. The van der Waals surface area contributed by atoms with Gasteiger partial charge in [-0.3, -0.25) is 4.21 Å². The summed E-state index contributed by atoms with van der Waals surface area (Å²) in [6, 6.07) is 7.46. The summed E-state index contributed by atoms with van der Waals surface area (Å²) >= 11 is 6.09. The monoisotopic (exact) mass is 281 g/mol. The summed E-state index contributed by atoms with van der Waals surface area (Å²) in [6.45, 7) is 1.65. The van der Waals surface area contributed by atoms with Crippen LogP contribution in [0.2, 0.25) is 5.15 Å². The van der Waals surface area contributed by atoms with Gasteiger partial charge in [-0.1, -0.05) is 23.7 Å². The van der Waals surface area contributed by atoms with Gasteiger partial charge < -0.3 is 5.32 Å². The predicted octanol–water partition coefficient (Wildman–Crippen LogP) is 1.75. The van der Waals surface area contributed by atoms with Gasteiger partial charge in [0.2, 0.25) is 0 Å². The highest BCUT2D eigenvalue weighted by Crippen LogP contribution is 2.23. The first kappa shape index (κ1) is 12.0. The fourth-order valence-corrected chi connectivity index (χ4v) is 3.74. The molecule has 1 saturated heterocycles. The maximum atomic E-state index is 12.4. The van der Waals surface area contributed by atoms with Crippen LogP contribution in [0.1, 0.15) is 6.42 Å². The quantitative estimate of drug-likeness (QED) is 0.911. The smallest absolute Gasteiger partial charge is 0.165 e. The van der Waals surface area contributed by atoms with Crippen molar-refractivity contribution < 1.29 is 4.21 Å². The molecule has 1 fully saturated rings. The number of halogens is 1. The number of rotatable bonds is 2. The Balaban J connectivity index is 2.05. The topological polar surface area (TPSA) is 54.9 Å². The van der Waals surface area contributed by atoms with Gasteiger partial charge in [-0.05, 0) is 25.1 Å². The Morgan fingerprint density at radius 2 is 2.00 bits per heavy atom. The van der Waals surface area contributed by atoms with Crippen LogP contribution in [-0.4, -0.2) is 32.5 Å². The zero-order chi connectivity index (χ0) is 12.5. The normalized spacial score (nSPS) is 21.3. The van der Waals surface area contributed by atoms with Crippen molar-refractivity contribution in [2.45, 2.75) is 16.7 Å². The van der Waals surface area contributed by atoms with Gasteiger partial charge in [-0.25, -0.2) is 9.97 Å². The molecule has 4 nitrogen and oxygen atoms in total. The highest BCUT2D eigenvalue weighted by Gasteiger charge is 2.25. The number of para-hydroxylation sites is 2. The highest BCUT2D eigenvalue weighted by atomic mass is 35.5. The zero-order valence-corrected chi connectivity index (χ0v) is 11.2. The molecule has 18 heavy (non-hydrogen) atoms. The van der Waals surface area contributed by atoms with Crippen LogP contribution >= 0.6 is 11.6 Å². The van der Waals surface area contributed by atoms with Gasteiger partial charge in [-0.15, -0.1) is 0 Å². The molecule has 2 heterocycles. The van der Waals surface area contributed by atoms with Crippen LogP contribution in [0.3, 0.4) is 0 Å². The number of nitrogens with zero attached hydrogens (tertiary/aromatic N) is 2. The number of aromatic nitrogens is 2. The molecular formula is C12H12ClN3OS. The maximum Gasteiger partial charge on any atom is 0.165 e. The first-order valence-corrected chi connectivity index (χ1v) is 7.38. The molecule has 1 aliphatic heterocycles. The summed E-state index contributed by atoms with van der Waals surface area (Å²) in [7, 11) is -1.19. The molecule has 2 unspecified atom stereocenters. The number of benzene rings is 1. The Bertz CT molecular complexity index is 613. The van der Waals surface area contributed by atoms with Crippen molar-refractivity contribution in [2.75, 3.05) is 13.1 Å². The van der Waals surface area contributed by atoms with Crippen molar-refractivity contribution >= 4 is 33.4 Å². The molecule has 1 aliphatic rings. The molecular weight excluding hydrogens is 270 g/mol. The number of hydrogen-bond acceptors (Lipinski definition) is 4. The SMILES string of the molecule is O=S(c1nc2ccccc2nc1Cl)C1CCNC1. The van der Waals surface area contributed by atoms with E-state index in [1.807, 2.05) is 24.3 Å². The molecule has 0 amide bonds. The number of hydrogen-bond donors (Lipinski definition) is 1. The lowest BCUT2D eigenvalue weighted by molar-refractivity contribution is 0.669. The largest absolute Gasteiger partial charge is 0.315 e. The lowest BCUT2D eigenvalue weighted by Crippen LogP contribution is -2.20. The summed E-state index contributed by atoms with van der Waals surface area (Å²) < 4.78 is 12.4. The van der Waals surface area contributed by atoms with E-state index in [-0.39, 0.29) is 10.4 Å². The molecule has 1 aromatic heterocycles. The Morgan fingerprint density at radius 3 is 2.67 bits per heavy atom. The molecule has 0 aliphatic carbocycles. The molecule has 6 heteroatoms. The van der Waals surface area contributed by atoms with Crippen LogP contribution in [0.5, 0.6) is 0 Å².